The molecule has 3 rings (SSSR count). The van der Waals surface area contributed by atoms with Crippen LogP contribution in [0.4, 0.5) is 4.79 Å². The number of rotatable bonds is 5. The molecule has 3 N–H and O–H groups in total. The van der Waals surface area contributed by atoms with Crippen LogP contribution in [0.5, 0.6) is 0 Å². The lowest BCUT2D eigenvalue weighted by Gasteiger charge is -2.51. The van der Waals surface area contributed by atoms with Crippen molar-refractivity contribution < 1.29 is 33.8 Å². The number of alkyl carbamates (subject to hydrolysis) is 1. The molecule has 3 amide bonds. The Labute approximate surface area is 182 Å². The Morgan fingerprint density at radius 1 is 1.19 bits per heavy atom. The van der Waals surface area contributed by atoms with E-state index in [4.69, 9.17) is 4.74 Å². The number of amides is 3. The van der Waals surface area contributed by atoms with Gasteiger partial charge in [-0.15, -0.1) is 11.8 Å². The van der Waals surface area contributed by atoms with E-state index in [1.165, 1.54) is 0 Å². The number of carboxylic acid groups (broad SMARTS) is 1. The molecular weight excluding hydrogens is 426 g/mol. The van der Waals surface area contributed by atoms with Crippen molar-refractivity contribution in [3.8, 4) is 0 Å². The molecule has 2 aliphatic heterocycles. The maximum atomic E-state index is 13.0. The summed E-state index contributed by atoms with van der Waals surface area (Å²) in [5.74, 6) is -3.35. The summed E-state index contributed by atoms with van der Waals surface area (Å²) in [4.78, 5) is 62.0. The summed E-state index contributed by atoms with van der Waals surface area (Å²) in [5.41, 5.74) is -0.298. The number of hydrogen-bond donors (Lipinski definition) is 3. The van der Waals surface area contributed by atoms with Crippen LogP contribution in [0.2, 0.25) is 0 Å². The zero-order chi connectivity index (χ0) is 22.9. The smallest absolute Gasteiger partial charge is 0.408 e. The van der Waals surface area contributed by atoms with Gasteiger partial charge in [0.15, 0.2) is 11.8 Å². The van der Waals surface area contributed by atoms with E-state index in [0.29, 0.717) is 5.56 Å². The first-order valence-corrected chi connectivity index (χ1v) is 10.6. The van der Waals surface area contributed by atoms with Crippen molar-refractivity contribution in [3.05, 3.63) is 35.9 Å². The van der Waals surface area contributed by atoms with Crippen LogP contribution in [-0.4, -0.2) is 68.5 Å². The molecule has 2 fully saturated rings. The van der Waals surface area contributed by atoms with E-state index in [9.17, 15) is 29.1 Å². The summed E-state index contributed by atoms with van der Waals surface area (Å²) in [5, 5.41) is 13.7. The van der Waals surface area contributed by atoms with Crippen molar-refractivity contribution in [2.75, 3.05) is 5.75 Å². The van der Waals surface area contributed by atoms with E-state index < -0.39 is 58.8 Å². The Morgan fingerprint density at radius 3 is 2.42 bits per heavy atom. The summed E-state index contributed by atoms with van der Waals surface area (Å²) in [6.45, 7) is 5.06. The van der Waals surface area contributed by atoms with Crippen LogP contribution in [0, 0.1) is 0 Å². The highest BCUT2D eigenvalue weighted by atomic mass is 32.2. The maximum absolute atomic E-state index is 13.0. The van der Waals surface area contributed by atoms with Crippen molar-refractivity contribution >= 4 is 41.4 Å². The lowest BCUT2D eigenvalue weighted by Crippen LogP contribution is -2.76. The van der Waals surface area contributed by atoms with Crippen LogP contribution in [0.1, 0.15) is 32.4 Å². The molecule has 0 aliphatic carbocycles. The van der Waals surface area contributed by atoms with E-state index in [-0.39, 0.29) is 5.75 Å². The van der Waals surface area contributed by atoms with Gasteiger partial charge in [-0.25, -0.2) is 9.59 Å². The molecule has 2 aliphatic rings. The summed E-state index contributed by atoms with van der Waals surface area (Å²) >= 11 is 1.09. The number of aliphatic carboxylic acids is 1. The quantitative estimate of drug-likeness (QED) is 0.440. The minimum atomic E-state index is -1.54. The molecule has 0 aromatic heterocycles. The number of fused-ring (bicyclic) bond motifs is 1. The van der Waals surface area contributed by atoms with E-state index >= 15 is 0 Å². The van der Waals surface area contributed by atoms with Crippen LogP contribution < -0.4 is 10.6 Å². The van der Waals surface area contributed by atoms with Crippen molar-refractivity contribution in [2.45, 2.75) is 49.9 Å². The van der Waals surface area contributed by atoms with E-state index in [2.05, 4.69) is 10.6 Å². The monoisotopic (exact) mass is 449 g/mol. The largest absolute Gasteiger partial charge is 0.479 e. The molecule has 0 radical (unpaired) electrons. The van der Waals surface area contributed by atoms with Crippen LogP contribution >= 0.6 is 11.8 Å². The number of carbonyl (C=O) groups is 5. The summed E-state index contributed by atoms with van der Waals surface area (Å²) in [7, 11) is 0. The minimum Gasteiger partial charge on any atom is -0.479 e. The minimum absolute atomic E-state index is 0.0734. The molecule has 166 valence electrons. The van der Waals surface area contributed by atoms with Crippen LogP contribution in [0.25, 0.3) is 0 Å². The highest BCUT2D eigenvalue weighted by Gasteiger charge is 2.58. The number of nitrogens with one attached hydrogen (secondary N) is 2. The van der Waals surface area contributed by atoms with Gasteiger partial charge in [-0.2, -0.15) is 0 Å². The number of nitrogens with zero attached hydrogens (tertiary/aromatic N) is 1. The van der Waals surface area contributed by atoms with Crippen molar-refractivity contribution in [2.24, 2.45) is 0 Å². The second-order valence-electron chi connectivity index (χ2n) is 8.13. The topological polar surface area (TPSA) is 142 Å². The van der Waals surface area contributed by atoms with Gasteiger partial charge in [0.1, 0.15) is 23.1 Å². The van der Waals surface area contributed by atoms with Gasteiger partial charge in [0, 0.05) is 0 Å². The molecule has 2 saturated heterocycles. The molecule has 0 spiro atoms. The normalized spacial score (nSPS) is 23.8. The Balaban J connectivity index is 1.75. The van der Waals surface area contributed by atoms with Gasteiger partial charge in [0.25, 0.3) is 0 Å². The number of thioether (sulfide) groups is 1. The maximum Gasteiger partial charge on any atom is 0.408 e. The molecule has 10 nitrogen and oxygen atoms in total. The first kappa shape index (κ1) is 22.6. The summed E-state index contributed by atoms with van der Waals surface area (Å²) < 4.78 is 5.23. The number of carboxylic acids is 1. The van der Waals surface area contributed by atoms with Gasteiger partial charge in [0.05, 0.1) is 5.75 Å². The Bertz CT molecular complexity index is 915. The van der Waals surface area contributed by atoms with E-state index in [0.717, 1.165) is 16.7 Å². The number of Topliss-reactive ketones (excluding diaryl/α,β-unsaturated/α-hetero) is 1. The second kappa shape index (κ2) is 8.58. The third-order valence-electron chi connectivity index (χ3n) is 4.65. The highest BCUT2D eigenvalue weighted by Crippen LogP contribution is 2.37. The van der Waals surface area contributed by atoms with Crippen LogP contribution in [-0.2, 0) is 23.9 Å². The number of ketones is 1. The Morgan fingerprint density at radius 2 is 1.84 bits per heavy atom. The molecule has 1 aromatic rings. The molecule has 4 atom stereocenters. The third-order valence-corrected chi connectivity index (χ3v) is 5.94. The fraction of sp³-hybridized carbons (Fsp3) is 0.450. The number of carbonyl (C=O) groups excluding carboxylic acids is 4. The number of benzene rings is 1. The Kier molecular flexibility index (Phi) is 6.25. The first-order chi connectivity index (χ1) is 14.5. The molecule has 31 heavy (non-hydrogen) atoms. The van der Waals surface area contributed by atoms with Gasteiger partial charge in [0.2, 0.25) is 11.8 Å². The van der Waals surface area contributed by atoms with Gasteiger partial charge in [-0.1, -0.05) is 30.3 Å². The Hall–Kier alpha value is -3.08. The van der Waals surface area contributed by atoms with E-state index in [1.807, 2.05) is 0 Å². The fourth-order valence-electron chi connectivity index (χ4n) is 3.34. The van der Waals surface area contributed by atoms with Crippen molar-refractivity contribution in [1.82, 2.24) is 15.5 Å². The average molecular weight is 449 g/mol. The van der Waals surface area contributed by atoms with Crippen LogP contribution in [0.3, 0.4) is 0 Å². The molecule has 2 unspecified atom stereocenters. The number of hydrogen-bond acceptors (Lipinski definition) is 7. The summed E-state index contributed by atoms with van der Waals surface area (Å²) in [6.07, 6.45) is -0.804. The van der Waals surface area contributed by atoms with Gasteiger partial charge in [-0.3, -0.25) is 14.4 Å². The molecular formula is C20H23N3O7S. The van der Waals surface area contributed by atoms with Crippen molar-refractivity contribution in [3.63, 3.8) is 0 Å². The molecule has 11 heteroatoms. The molecule has 0 saturated carbocycles. The number of β-lactam (4-membered cyclic amide) rings is 1. The third kappa shape index (κ3) is 4.82. The highest BCUT2D eigenvalue weighted by molar-refractivity contribution is 8.00. The second-order valence-corrected chi connectivity index (χ2v) is 9.24. The SMILES string of the molecule is CC(C)(C)OC(=O)N[C@H](C(=O)NC1C(=O)N2C(C(=O)O)C(=O)CS[C@@H]12)c1ccccc1. The first-order valence-electron chi connectivity index (χ1n) is 9.54. The molecule has 2 heterocycles. The predicted molar refractivity (Wildman–Crippen MR) is 110 cm³/mol. The average Bonchev–Trinajstić information content (AvgIpc) is 2.69. The number of ether oxygens (including phenoxy) is 1. The zero-order valence-corrected chi connectivity index (χ0v) is 18.0. The van der Waals surface area contributed by atoms with E-state index in [1.54, 1.807) is 51.1 Å². The lowest BCUT2D eigenvalue weighted by molar-refractivity contribution is -0.165. The van der Waals surface area contributed by atoms with Gasteiger partial charge in [-0.05, 0) is 26.3 Å². The molecule has 0 bridgehead atoms. The van der Waals surface area contributed by atoms with Gasteiger partial charge >= 0.3 is 12.1 Å². The standard InChI is InChI=1S/C20H23N3O7S/c1-20(2,3)30-19(29)22-12(10-7-5-4-6-8-10)15(25)21-13-16(26)23-14(18(27)28)11(24)9-31-17(13)23/h4-8,12-14,17H,9H2,1-3H3,(H,21,25)(H,22,29)(H,27,28)/t12-,13?,14?,17-/m0/s1. The van der Waals surface area contributed by atoms with Gasteiger partial charge < -0.3 is 25.4 Å². The van der Waals surface area contributed by atoms with Crippen molar-refractivity contribution in [1.29, 1.82) is 0 Å². The summed E-state index contributed by atoms with van der Waals surface area (Å²) in [6, 6.07) is 4.75. The zero-order valence-electron chi connectivity index (χ0n) is 17.2. The predicted octanol–water partition coefficient (Wildman–Crippen LogP) is 0.675. The lowest BCUT2D eigenvalue weighted by atomic mass is 9.99. The molecule has 1 aromatic carbocycles. The fourth-order valence-corrected chi connectivity index (χ4v) is 4.59. The van der Waals surface area contributed by atoms with Crippen LogP contribution in [0.15, 0.2) is 30.3 Å².